The third-order valence-electron chi connectivity index (χ3n) is 4.64. The maximum Gasteiger partial charge on any atom is 0.205 e. The molecule has 1 aliphatic heterocycles. The van der Waals surface area contributed by atoms with Gasteiger partial charge in [0.05, 0.1) is 0 Å². The second-order valence-corrected chi connectivity index (χ2v) is 6.16. The summed E-state index contributed by atoms with van der Waals surface area (Å²) in [6.45, 7) is 1.64. The first-order valence-electron chi connectivity index (χ1n) is 8.57. The second-order valence-electron chi connectivity index (χ2n) is 6.16. The number of anilines is 2. The van der Waals surface area contributed by atoms with Crippen LogP contribution in [0, 0.1) is 0 Å². The minimum atomic E-state index is -0.327. The summed E-state index contributed by atoms with van der Waals surface area (Å²) in [5.74, 6) is 0.130. The van der Waals surface area contributed by atoms with Crippen molar-refractivity contribution in [3.63, 3.8) is 0 Å². The lowest BCUT2D eigenvalue weighted by Gasteiger charge is -2.31. The molecule has 0 saturated carbocycles. The van der Waals surface area contributed by atoms with Gasteiger partial charge >= 0.3 is 0 Å². The Bertz CT molecular complexity index is 786. The van der Waals surface area contributed by atoms with Crippen LogP contribution in [0.5, 0.6) is 0 Å². The van der Waals surface area contributed by atoms with Gasteiger partial charge in [-0.05, 0) is 24.3 Å². The predicted molar refractivity (Wildman–Crippen MR) is 102 cm³/mol. The standard InChI is InChI=1S/C22H20N2O/c25-21(18-10-4-1-5-11-18)22-23(19-12-6-2-7-13-19)16-17-24(22)20-14-8-3-9-15-20/h1-15,22H,16-17H2. The van der Waals surface area contributed by atoms with Gasteiger partial charge in [-0.25, -0.2) is 0 Å². The molecule has 25 heavy (non-hydrogen) atoms. The molecule has 3 aromatic carbocycles. The van der Waals surface area contributed by atoms with Gasteiger partial charge in [0.25, 0.3) is 0 Å². The Morgan fingerprint density at radius 1 is 0.640 bits per heavy atom. The van der Waals surface area contributed by atoms with Gasteiger partial charge in [0.15, 0.2) is 6.17 Å². The van der Waals surface area contributed by atoms with Gasteiger partial charge in [-0.1, -0.05) is 66.7 Å². The van der Waals surface area contributed by atoms with Crippen LogP contribution in [-0.2, 0) is 0 Å². The lowest BCUT2D eigenvalue weighted by Crippen LogP contribution is -2.45. The fourth-order valence-corrected chi connectivity index (χ4v) is 3.44. The summed E-state index contributed by atoms with van der Waals surface area (Å²) >= 11 is 0. The van der Waals surface area contributed by atoms with Gasteiger partial charge in [0.1, 0.15) is 0 Å². The van der Waals surface area contributed by atoms with Crippen LogP contribution < -0.4 is 9.80 Å². The van der Waals surface area contributed by atoms with E-state index in [1.807, 2.05) is 66.7 Å². The van der Waals surface area contributed by atoms with Crippen molar-refractivity contribution in [2.45, 2.75) is 6.17 Å². The van der Waals surface area contributed by atoms with Crippen LogP contribution in [0.25, 0.3) is 0 Å². The van der Waals surface area contributed by atoms with E-state index in [2.05, 4.69) is 34.1 Å². The zero-order valence-electron chi connectivity index (χ0n) is 14.0. The molecule has 1 fully saturated rings. The van der Waals surface area contributed by atoms with E-state index in [1.165, 1.54) is 0 Å². The number of hydrogen-bond donors (Lipinski definition) is 0. The van der Waals surface area contributed by atoms with E-state index in [-0.39, 0.29) is 11.9 Å². The zero-order valence-corrected chi connectivity index (χ0v) is 14.0. The smallest absolute Gasteiger partial charge is 0.205 e. The van der Waals surface area contributed by atoms with E-state index in [0.29, 0.717) is 0 Å². The quantitative estimate of drug-likeness (QED) is 0.670. The third kappa shape index (κ3) is 3.01. The highest BCUT2D eigenvalue weighted by Crippen LogP contribution is 2.30. The van der Waals surface area contributed by atoms with Gasteiger partial charge in [0, 0.05) is 30.0 Å². The molecule has 124 valence electrons. The molecule has 1 aliphatic rings. The highest BCUT2D eigenvalue weighted by molar-refractivity contribution is 6.04. The van der Waals surface area contributed by atoms with E-state index in [1.54, 1.807) is 0 Å². The molecular weight excluding hydrogens is 308 g/mol. The molecule has 0 radical (unpaired) electrons. The van der Waals surface area contributed by atoms with Crippen LogP contribution in [0.3, 0.4) is 0 Å². The topological polar surface area (TPSA) is 23.6 Å². The maximum atomic E-state index is 13.3. The minimum Gasteiger partial charge on any atom is -0.343 e. The molecule has 1 heterocycles. The lowest BCUT2D eigenvalue weighted by molar-refractivity contribution is 0.0964. The summed E-state index contributed by atoms with van der Waals surface area (Å²) in [4.78, 5) is 17.7. The maximum absolute atomic E-state index is 13.3. The molecule has 0 bridgehead atoms. The van der Waals surface area contributed by atoms with Crippen LogP contribution in [0.15, 0.2) is 91.0 Å². The predicted octanol–water partition coefficient (Wildman–Crippen LogP) is 4.22. The Balaban J connectivity index is 1.75. The van der Waals surface area contributed by atoms with Crippen molar-refractivity contribution in [2.75, 3.05) is 22.9 Å². The fourth-order valence-electron chi connectivity index (χ4n) is 3.44. The van der Waals surface area contributed by atoms with E-state index in [0.717, 1.165) is 30.0 Å². The number of hydrogen-bond acceptors (Lipinski definition) is 3. The number of nitrogens with zero attached hydrogens (tertiary/aromatic N) is 2. The molecule has 0 aliphatic carbocycles. The highest BCUT2D eigenvalue weighted by atomic mass is 16.1. The van der Waals surface area contributed by atoms with Gasteiger partial charge in [-0.15, -0.1) is 0 Å². The Morgan fingerprint density at radius 3 is 1.48 bits per heavy atom. The molecule has 3 heteroatoms. The van der Waals surface area contributed by atoms with E-state index >= 15 is 0 Å². The molecule has 3 nitrogen and oxygen atoms in total. The number of ketones is 1. The molecule has 0 atom stereocenters. The van der Waals surface area contributed by atoms with Crippen molar-refractivity contribution in [1.29, 1.82) is 0 Å². The van der Waals surface area contributed by atoms with Crippen LogP contribution in [0.2, 0.25) is 0 Å². The number of para-hydroxylation sites is 2. The largest absolute Gasteiger partial charge is 0.343 e. The number of benzene rings is 3. The average molecular weight is 328 g/mol. The average Bonchev–Trinajstić information content (AvgIpc) is 3.14. The zero-order chi connectivity index (χ0) is 17.1. The number of carbonyl (C=O) groups is 1. The van der Waals surface area contributed by atoms with E-state index in [9.17, 15) is 4.79 Å². The minimum absolute atomic E-state index is 0.130. The Morgan fingerprint density at radius 2 is 1.04 bits per heavy atom. The summed E-state index contributed by atoms with van der Waals surface area (Å²) in [6, 6.07) is 29.9. The van der Waals surface area contributed by atoms with Crippen molar-refractivity contribution in [3.8, 4) is 0 Å². The molecule has 0 aromatic heterocycles. The molecule has 0 amide bonds. The Labute approximate surface area is 148 Å². The number of carbonyl (C=O) groups excluding carboxylic acids is 1. The molecule has 1 saturated heterocycles. The normalized spacial score (nSPS) is 14.7. The van der Waals surface area contributed by atoms with Crippen LogP contribution in [0.1, 0.15) is 10.4 Å². The van der Waals surface area contributed by atoms with Crippen LogP contribution in [0.4, 0.5) is 11.4 Å². The van der Waals surface area contributed by atoms with Gasteiger partial charge in [-0.2, -0.15) is 0 Å². The summed E-state index contributed by atoms with van der Waals surface area (Å²) in [7, 11) is 0. The first-order chi connectivity index (χ1) is 12.3. The second kappa shape index (κ2) is 6.81. The van der Waals surface area contributed by atoms with Crippen molar-refractivity contribution in [1.82, 2.24) is 0 Å². The van der Waals surface area contributed by atoms with Crippen LogP contribution >= 0.6 is 0 Å². The lowest BCUT2D eigenvalue weighted by atomic mass is 10.1. The van der Waals surface area contributed by atoms with Gasteiger partial charge in [0.2, 0.25) is 5.78 Å². The van der Waals surface area contributed by atoms with Gasteiger partial charge in [-0.3, -0.25) is 4.79 Å². The van der Waals surface area contributed by atoms with Crippen molar-refractivity contribution in [2.24, 2.45) is 0 Å². The molecule has 4 rings (SSSR count). The van der Waals surface area contributed by atoms with Crippen molar-refractivity contribution >= 4 is 17.2 Å². The molecular formula is C22H20N2O. The summed E-state index contributed by atoms with van der Waals surface area (Å²) in [5, 5.41) is 0. The number of rotatable bonds is 4. The SMILES string of the molecule is O=C(c1ccccc1)C1N(c2ccccc2)CCN1c1ccccc1. The number of Topliss-reactive ketones (excluding diaryl/α,β-unsaturated/α-hetero) is 1. The Hall–Kier alpha value is -3.07. The third-order valence-corrected chi connectivity index (χ3v) is 4.64. The molecule has 0 spiro atoms. The van der Waals surface area contributed by atoms with Gasteiger partial charge < -0.3 is 9.80 Å². The summed E-state index contributed by atoms with van der Waals surface area (Å²) in [5.41, 5.74) is 2.90. The van der Waals surface area contributed by atoms with E-state index < -0.39 is 0 Å². The van der Waals surface area contributed by atoms with Crippen LogP contribution in [-0.4, -0.2) is 25.0 Å². The first-order valence-corrected chi connectivity index (χ1v) is 8.57. The Kier molecular flexibility index (Phi) is 4.21. The molecule has 0 unspecified atom stereocenters. The summed E-state index contributed by atoms with van der Waals surface area (Å²) < 4.78 is 0. The summed E-state index contributed by atoms with van der Waals surface area (Å²) in [6.07, 6.45) is -0.327. The fraction of sp³-hybridized carbons (Fsp3) is 0.136. The highest BCUT2D eigenvalue weighted by Gasteiger charge is 2.38. The van der Waals surface area contributed by atoms with Crippen molar-refractivity contribution in [3.05, 3.63) is 96.6 Å². The molecule has 3 aromatic rings. The first kappa shape index (κ1) is 15.5. The monoisotopic (exact) mass is 328 g/mol. The van der Waals surface area contributed by atoms with E-state index in [4.69, 9.17) is 0 Å². The molecule has 0 N–H and O–H groups in total. The van der Waals surface area contributed by atoms with Crippen molar-refractivity contribution < 1.29 is 4.79 Å².